The molecule has 0 aliphatic rings. The Kier molecular flexibility index (Phi) is 24.8. The number of nitrogens with one attached hydrogen (secondary N) is 2. The normalized spacial score (nSPS) is 8.64. The Morgan fingerprint density at radius 1 is 1.21 bits per heavy atom. The van der Waals surface area contributed by atoms with E-state index in [1.54, 1.807) is 7.11 Å². The molecule has 0 unspecified atom stereocenters. The first-order chi connectivity index (χ1) is 5.77. The zero-order valence-corrected chi connectivity index (χ0v) is 13.3. The van der Waals surface area contributed by atoms with Gasteiger partial charge in [0.05, 0.1) is 13.2 Å². The quantitative estimate of drug-likeness (QED) is 0.332. The van der Waals surface area contributed by atoms with Crippen molar-refractivity contribution in [3.63, 3.8) is 0 Å². The van der Waals surface area contributed by atoms with Gasteiger partial charge in [0.2, 0.25) is 0 Å². The second kappa shape index (κ2) is 16.8. The van der Waals surface area contributed by atoms with E-state index < -0.39 is 5.97 Å². The Hall–Kier alpha value is 1.35. The Bertz CT molecular complexity index is 128. The van der Waals surface area contributed by atoms with Crippen LogP contribution < -0.4 is 10.6 Å². The predicted octanol–water partition coefficient (Wildman–Crippen LogP) is -1.86. The number of carbonyl (C=O) groups is 1. The van der Waals surface area contributed by atoms with Gasteiger partial charge in [0.15, 0.2) is 0 Å². The number of hydrogen-bond donors (Lipinski definition) is 3. The smallest absolute Gasteiger partial charge is 0.317 e. The van der Waals surface area contributed by atoms with Crippen molar-refractivity contribution in [2.24, 2.45) is 0 Å². The van der Waals surface area contributed by atoms with Crippen LogP contribution >= 0.6 is 0 Å². The molecule has 0 fully saturated rings. The summed E-state index contributed by atoms with van der Waals surface area (Å²) in [6, 6.07) is 0. The van der Waals surface area contributed by atoms with Crippen molar-refractivity contribution in [2.45, 2.75) is 0 Å². The molecule has 0 aromatic rings. The van der Waals surface area contributed by atoms with Gasteiger partial charge in [-0.05, 0) is 0 Å². The summed E-state index contributed by atoms with van der Waals surface area (Å²) in [5.41, 5.74) is 0. The van der Waals surface area contributed by atoms with Gasteiger partial charge in [-0.25, -0.2) is 0 Å². The largest absolute Gasteiger partial charge is 0.480 e. The van der Waals surface area contributed by atoms with E-state index in [1.165, 1.54) is 0 Å². The maximum Gasteiger partial charge on any atom is 0.317 e. The molecule has 0 aromatic carbocycles. The summed E-state index contributed by atoms with van der Waals surface area (Å²) in [5.74, 6) is -0.827. The summed E-state index contributed by atoms with van der Waals surface area (Å²) in [5, 5.41) is 14.1. The van der Waals surface area contributed by atoms with Crippen molar-refractivity contribution in [2.75, 3.05) is 39.9 Å². The Balaban J connectivity index is -0.000000605. The number of carboxylic acids is 1. The van der Waals surface area contributed by atoms with Crippen LogP contribution in [0.1, 0.15) is 0 Å². The van der Waals surface area contributed by atoms with Crippen molar-refractivity contribution >= 4 is 65.1 Å². The third-order valence-corrected chi connectivity index (χ3v) is 1.24. The molecule has 0 aliphatic carbocycles. The number of rotatable bonds is 8. The molecular weight excluding hydrogens is 206 g/mol. The molecule has 2 radical (unpaired) electrons. The monoisotopic (exact) mass is 222 g/mol. The average molecular weight is 222 g/mol. The summed E-state index contributed by atoms with van der Waals surface area (Å²) in [4.78, 5) is 10.0. The van der Waals surface area contributed by atoms with Crippen LogP contribution in [0.15, 0.2) is 0 Å². The van der Waals surface area contributed by atoms with Crippen LogP contribution in [0.2, 0.25) is 0 Å². The van der Waals surface area contributed by atoms with Gasteiger partial charge in [-0.3, -0.25) is 4.79 Å². The van der Waals surface area contributed by atoms with Gasteiger partial charge in [0.1, 0.15) is 0 Å². The second-order valence-corrected chi connectivity index (χ2v) is 2.31. The topological polar surface area (TPSA) is 70.6 Å². The fourth-order valence-electron chi connectivity index (χ4n) is 0.671. The van der Waals surface area contributed by atoms with Gasteiger partial charge in [-0.1, -0.05) is 0 Å². The molecule has 0 saturated heterocycles. The zero-order valence-electron chi connectivity index (χ0n) is 9.30. The Labute approximate surface area is 129 Å². The van der Waals surface area contributed by atoms with Crippen molar-refractivity contribution in [3.05, 3.63) is 0 Å². The van der Waals surface area contributed by atoms with Crippen LogP contribution in [0.4, 0.5) is 0 Å². The molecule has 0 heterocycles. The van der Waals surface area contributed by atoms with E-state index in [-0.39, 0.29) is 65.7 Å². The molecule has 0 atom stereocenters. The molecule has 3 N–H and O–H groups in total. The van der Waals surface area contributed by atoms with Crippen LogP contribution in [0, 0.1) is 0 Å². The number of aliphatic carboxylic acids is 1. The predicted molar refractivity (Wildman–Crippen MR) is 56.8 cm³/mol. The molecule has 5 nitrogen and oxygen atoms in total. The first-order valence-electron chi connectivity index (χ1n) is 3.89. The van der Waals surface area contributed by atoms with E-state index in [1.807, 2.05) is 0 Å². The van der Waals surface area contributed by atoms with Gasteiger partial charge in [0, 0.05) is 85.9 Å². The van der Waals surface area contributed by atoms with E-state index in [4.69, 9.17) is 9.84 Å². The second-order valence-electron chi connectivity index (χ2n) is 2.31. The molecule has 0 amide bonds. The Morgan fingerprint density at radius 2 is 1.79 bits per heavy atom. The summed E-state index contributed by atoms with van der Waals surface area (Å²) in [6.45, 7) is 2.92. The average Bonchev–Trinajstić information content (AvgIpc) is 2.02. The van der Waals surface area contributed by atoms with Crippen LogP contribution in [0.3, 0.4) is 0 Å². The molecule has 0 rings (SSSR count). The maximum absolute atomic E-state index is 10.0. The molecule has 0 aromatic heterocycles. The van der Waals surface area contributed by atoms with Crippen molar-refractivity contribution < 1.29 is 14.6 Å². The summed E-state index contributed by atoms with van der Waals surface area (Å²) in [7, 11) is 1.64. The Morgan fingerprint density at radius 3 is 2.29 bits per heavy atom. The van der Waals surface area contributed by atoms with E-state index in [0.717, 1.165) is 13.1 Å². The first kappa shape index (κ1) is 20.7. The third kappa shape index (κ3) is 19.0. The van der Waals surface area contributed by atoms with Crippen LogP contribution in [0.5, 0.6) is 0 Å². The number of ether oxygens (including phenoxy) is 1. The van der Waals surface area contributed by atoms with Gasteiger partial charge >= 0.3 is 5.97 Å². The molecule has 0 bridgehead atoms. The van der Waals surface area contributed by atoms with Crippen LogP contribution in [-0.4, -0.2) is 110 Å². The van der Waals surface area contributed by atoms with Crippen molar-refractivity contribution in [1.82, 2.24) is 10.6 Å². The van der Waals surface area contributed by atoms with Gasteiger partial charge < -0.3 is 20.5 Å². The molecule has 14 heavy (non-hydrogen) atoms. The minimum atomic E-state index is -0.827. The summed E-state index contributed by atoms with van der Waals surface area (Å²) in [6.07, 6.45) is 0. The number of hydrogen-bond acceptors (Lipinski definition) is 4. The minimum Gasteiger partial charge on any atom is -0.480 e. The standard InChI is InChI=1S/C7H16N2O3.2Na/c1-12-5-4-8-2-3-9-6-7(10)11;;/h8-9H,2-6H2,1H3,(H,10,11);;. The van der Waals surface area contributed by atoms with E-state index in [2.05, 4.69) is 10.6 Å². The third-order valence-electron chi connectivity index (χ3n) is 1.24. The number of carboxylic acid groups (broad SMARTS) is 1. The van der Waals surface area contributed by atoms with Gasteiger partial charge in [-0.2, -0.15) is 0 Å². The van der Waals surface area contributed by atoms with Gasteiger partial charge in [-0.15, -0.1) is 0 Å². The number of methoxy groups -OCH3 is 1. The molecular formula is C7H16N2Na2O3. The van der Waals surface area contributed by atoms with Crippen molar-refractivity contribution in [1.29, 1.82) is 0 Å². The van der Waals surface area contributed by atoms with E-state index in [9.17, 15) is 4.79 Å². The fraction of sp³-hybridized carbons (Fsp3) is 0.857. The van der Waals surface area contributed by atoms with Crippen LogP contribution in [0.25, 0.3) is 0 Å². The first-order valence-corrected chi connectivity index (χ1v) is 3.89. The molecule has 0 saturated carbocycles. The zero-order chi connectivity index (χ0) is 9.23. The van der Waals surface area contributed by atoms with Gasteiger partial charge in [0.25, 0.3) is 0 Å². The summed E-state index contributed by atoms with van der Waals surface area (Å²) < 4.78 is 4.81. The fourth-order valence-corrected chi connectivity index (χ4v) is 0.671. The molecule has 0 spiro atoms. The molecule has 74 valence electrons. The van der Waals surface area contributed by atoms with E-state index in [0.29, 0.717) is 13.2 Å². The molecule has 7 heteroatoms. The van der Waals surface area contributed by atoms with Crippen molar-refractivity contribution in [3.8, 4) is 0 Å². The maximum atomic E-state index is 10.0. The SMILES string of the molecule is COCCNCCNCC(=O)O.[Na].[Na]. The van der Waals surface area contributed by atoms with Crippen LogP contribution in [-0.2, 0) is 9.53 Å². The summed E-state index contributed by atoms with van der Waals surface area (Å²) >= 11 is 0. The molecule has 0 aliphatic heterocycles. The van der Waals surface area contributed by atoms with E-state index >= 15 is 0 Å². The minimum absolute atomic E-state index is 0.